The van der Waals surface area contributed by atoms with Crippen molar-refractivity contribution in [2.24, 2.45) is 0 Å². The summed E-state index contributed by atoms with van der Waals surface area (Å²) in [5.74, 6) is 0. The van der Waals surface area contributed by atoms with Crippen LogP contribution >= 0.6 is 0 Å². The Bertz CT molecular complexity index is 538. The molecule has 17 heavy (non-hydrogen) atoms. The monoisotopic (exact) mass is 229 g/mol. The number of aryl methyl sites for hydroxylation is 1. The second-order valence-corrected chi connectivity index (χ2v) is 3.64. The van der Waals surface area contributed by atoms with Crippen molar-refractivity contribution in [2.45, 2.75) is 6.92 Å². The summed E-state index contributed by atoms with van der Waals surface area (Å²) in [5.41, 5.74) is 2.35. The Balaban J connectivity index is 2.30. The molecule has 0 aliphatic carbocycles. The molecule has 0 atom stereocenters. The average Bonchev–Trinajstić information content (AvgIpc) is 2.32. The number of aromatic nitrogens is 1. The maximum atomic E-state index is 10.8. The number of nitrogens with one attached hydrogen (secondary N) is 1. The van der Waals surface area contributed by atoms with Gasteiger partial charge in [-0.2, -0.15) is 0 Å². The highest BCUT2D eigenvalue weighted by Gasteiger charge is 2.12. The van der Waals surface area contributed by atoms with Crippen LogP contribution in [0.4, 0.5) is 17.1 Å². The number of hydrogen-bond donors (Lipinski definition) is 1. The molecular formula is C12H11N3O2. The van der Waals surface area contributed by atoms with Gasteiger partial charge in [0.15, 0.2) is 0 Å². The van der Waals surface area contributed by atoms with Crippen LogP contribution in [0.25, 0.3) is 0 Å². The van der Waals surface area contributed by atoms with Crippen LogP contribution in [0.15, 0.2) is 42.7 Å². The van der Waals surface area contributed by atoms with Gasteiger partial charge in [-0.3, -0.25) is 15.1 Å². The first-order valence-electron chi connectivity index (χ1n) is 5.09. The Labute approximate surface area is 98.3 Å². The lowest BCUT2D eigenvalue weighted by Gasteiger charge is -2.06. The van der Waals surface area contributed by atoms with Crippen LogP contribution in [-0.4, -0.2) is 9.91 Å². The highest BCUT2D eigenvalue weighted by molar-refractivity contribution is 5.68. The lowest BCUT2D eigenvalue weighted by molar-refractivity contribution is -0.384. The molecule has 0 unspecified atom stereocenters. The van der Waals surface area contributed by atoms with Crippen LogP contribution < -0.4 is 5.32 Å². The minimum atomic E-state index is -0.455. The summed E-state index contributed by atoms with van der Waals surface area (Å²) >= 11 is 0. The second-order valence-electron chi connectivity index (χ2n) is 3.64. The molecule has 1 aromatic heterocycles. The maximum absolute atomic E-state index is 10.8. The van der Waals surface area contributed by atoms with Crippen LogP contribution in [0.3, 0.4) is 0 Å². The predicted molar refractivity (Wildman–Crippen MR) is 65.4 cm³/mol. The van der Waals surface area contributed by atoms with E-state index in [4.69, 9.17) is 0 Å². The molecule has 5 heteroatoms. The zero-order chi connectivity index (χ0) is 12.3. The molecule has 0 aliphatic heterocycles. The minimum Gasteiger partial charge on any atom is -0.350 e. The van der Waals surface area contributed by atoms with Crippen LogP contribution in [0, 0.1) is 17.0 Å². The van der Waals surface area contributed by atoms with Gasteiger partial charge in [-0.05, 0) is 25.1 Å². The first-order valence-corrected chi connectivity index (χ1v) is 5.09. The Morgan fingerprint density at radius 3 is 2.59 bits per heavy atom. The molecule has 0 bridgehead atoms. The van der Waals surface area contributed by atoms with E-state index in [-0.39, 0.29) is 5.69 Å². The van der Waals surface area contributed by atoms with Gasteiger partial charge in [0.05, 0.1) is 4.92 Å². The summed E-state index contributed by atoms with van der Waals surface area (Å²) in [5, 5.41) is 13.8. The molecule has 0 spiro atoms. The van der Waals surface area contributed by atoms with Gasteiger partial charge in [-0.25, -0.2) is 0 Å². The van der Waals surface area contributed by atoms with Gasteiger partial charge in [0.2, 0.25) is 0 Å². The standard InChI is InChI=1S/C12H11N3O2/c1-9-2-4-10(5-3-9)14-11-6-7-13-8-12(11)15(16)17/h2-8H,1H3,(H,13,14). The average molecular weight is 229 g/mol. The molecule has 0 radical (unpaired) electrons. The Kier molecular flexibility index (Phi) is 3.00. The summed E-state index contributed by atoms with van der Waals surface area (Å²) in [4.78, 5) is 14.1. The van der Waals surface area contributed by atoms with E-state index in [0.29, 0.717) is 5.69 Å². The van der Waals surface area contributed by atoms with Crippen LogP contribution in [0.5, 0.6) is 0 Å². The molecule has 0 amide bonds. The van der Waals surface area contributed by atoms with Crippen molar-refractivity contribution in [1.82, 2.24) is 4.98 Å². The lowest BCUT2D eigenvalue weighted by Crippen LogP contribution is -1.97. The predicted octanol–water partition coefficient (Wildman–Crippen LogP) is 3.04. The van der Waals surface area contributed by atoms with Gasteiger partial charge < -0.3 is 5.32 Å². The largest absolute Gasteiger partial charge is 0.350 e. The number of hydrogen-bond acceptors (Lipinski definition) is 4. The SMILES string of the molecule is Cc1ccc(Nc2ccncc2[N+](=O)[O-])cc1. The molecule has 0 aliphatic rings. The van der Waals surface area contributed by atoms with Crippen molar-refractivity contribution >= 4 is 17.1 Å². The van der Waals surface area contributed by atoms with E-state index in [1.165, 1.54) is 12.4 Å². The molecule has 1 aromatic carbocycles. The van der Waals surface area contributed by atoms with E-state index in [9.17, 15) is 10.1 Å². The van der Waals surface area contributed by atoms with Crippen LogP contribution in [0.2, 0.25) is 0 Å². The highest BCUT2D eigenvalue weighted by atomic mass is 16.6. The normalized spacial score (nSPS) is 9.94. The first-order chi connectivity index (χ1) is 8.16. The maximum Gasteiger partial charge on any atom is 0.310 e. The second kappa shape index (κ2) is 4.61. The Hall–Kier alpha value is -2.43. The van der Waals surface area contributed by atoms with Crippen molar-refractivity contribution < 1.29 is 4.92 Å². The summed E-state index contributed by atoms with van der Waals surface area (Å²) in [6.45, 7) is 1.98. The molecule has 1 N–H and O–H groups in total. The summed E-state index contributed by atoms with van der Waals surface area (Å²) in [6.07, 6.45) is 2.75. The summed E-state index contributed by atoms with van der Waals surface area (Å²) < 4.78 is 0. The van der Waals surface area contributed by atoms with Crippen molar-refractivity contribution in [1.29, 1.82) is 0 Å². The van der Waals surface area contributed by atoms with Gasteiger partial charge in [-0.15, -0.1) is 0 Å². The van der Waals surface area contributed by atoms with E-state index < -0.39 is 4.92 Å². The highest BCUT2D eigenvalue weighted by Crippen LogP contribution is 2.25. The zero-order valence-corrected chi connectivity index (χ0v) is 9.25. The number of rotatable bonds is 3. The summed E-state index contributed by atoms with van der Waals surface area (Å²) in [7, 11) is 0. The van der Waals surface area contributed by atoms with E-state index >= 15 is 0 Å². The third-order valence-corrected chi connectivity index (χ3v) is 2.33. The molecule has 5 nitrogen and oxygen atoms in total. The van der Waals surface area contributed by atoms with Gasteiger partial charge in [-0.1, -0.05) is 17.7 Å². The number of benzene rings is 1. The van der Waals surface area contributed by atoms with E-state index in [0.717, 1.165) is 11.3 Å². The van der Waals surface area contributed by atoms with Crippen molar-refractivity contribution in [3.63, 3.8) is 0 Å². The fourth-order valence-electron chi connectivity index (χ4n) is 1.43. The van der Waals surface area contributed by atoms with Crippen molar-refractivity contribution in [3.05, 3.63) is 58.4 Å². The number of nitro groups is 1. The number of anilines is 2. The fraction of sp³-hybridized carbons (Fsp3) is 0.0833. The number of nitrogens with zero attached hydrogens (tertiary/aromatic N) is 2. The minimum absolute atomic E-state index is 0.0342. The van der Waals surface area contributed by atoms with E-state index in [2.05, 4.69) is 10.3 Å². The first kappa shape index (κ1) is 11.1. The third kappa shape index (κ3) is 2.57. The fourth-order valence-corrected chi connectivity index (χ4v) is 1.43. The van der Waals surface area contributed by atoms with Crippen molar-refractivity contribution in [3.8, 4) is 0 Å². The van der Waals surface area contributed by atoms with Crippen LogP contribution in [0.1, 0.15) is 5.56 Å². The molecule has 0 saturated heterocycles. The van der Waals surface area contributed by atoms with Gasteiger partial charge in [0.1, 0.15) is 11.9 Å². The van der Waals surface area contributed by atoms with Crippen LogP contribution in [-0.2, 0) is 0 Å². The molecule has 0 saturated carbocycles. The van der Waals surface area contributed by atoms with E-state index in [1.807, 2.05) is 31.2 Å². The van der Waals surface area contributed by atoms with Gasteiger partial charge >= 0.3 is 5.69 Å². The number of pyridine rings is 1. The Morgan fingerprint density at radius 2 is 1.94 bits per heavy atom. The van der Waals surface area contributed by atoms with Gasteiger partial charge in [0, 0.05) is 11.9 Å². The van der Waals surface area contributed by atoms with E-state index in [1.54, 1.807) is 6.07 Å². The molecule has 2 rings (SSSR count). The quantitative estimate of drug-likeness (QED) is 0.648. The molecule has 0 fully saturated rings. The Morgan fingerprint density at radius 1 is 1.24 bits per heavy atom. The topological polar surface area (TPSA) is 68.1 Å². The molecule has 2 aromatic rings. The third-order valence-electron chi connectivity index (χ3n) is 2.33. The van der Waals surface area contributed by atoms with Gasteiger partial charge in [0.25, 0.3) is 0 Å². The lowest BCUT2D eigenvalue weighted by atomic mass is 10.2. The smallest absolute Gasteiger partial charge is 0.310 e. The van der Waals surface area contributed by atoms with Crippen molar-refractivity contribution in [2.75, 3.05) is 5.32 Å². The molecule has 86 valence electrons. The zero-order valence-electron chi connectivity index (χ0n) is 9.25. The summed E-state index contributed by atoms with van der Waals surface area (Å²) in [6, 6.07) is 9.21. The molecular weight excluding hydrogens is 218 g/mol. The molecule has 1 heterocycles.